The zero-order valence-corrected chi connectivity index (χ0v) is 12.8. The third kappa shape index (κ3) is 1.71. The minimum atomic E-state index is -0.771. The lowest BCUT2D eigenvalue weighted by Crippen LogP contribution is -2.31. The number of amides is 1. The number of rotatable bonds is 4. The van der Waals surface area contributed by atoms with Gasteiger partial charge in [-0.25, -0.2) is 9.97 Å². The first-order valence-electron chi connectivity index (χ1n) is 8.10. The van der Waals surface area contributed by atoms with Gasteiger partial charge in [0.15, 0.2) is 11.5 Å². The molecule has 2 aromatic rings. The third-order valence-electron chi connectivity index (χ3n) is 5.61. The van der Waals surface area contributed by atoms with Crippen molar-refractivity contribution in [2.24, 2.45) is 23.2 Å². The Kier molecular flexibility index (Phi) is 2.63. The Labute approximate surface area is 138 Å². The fourth-order valence-electron chi connectivity index (χ4n) is 4.58. The van der Waals surface area contributed by atoms with Crippen LogP contribution in [0.5, 0.6) is 11.5 Å². The van der Waals surface area contributed by atoms with E-state index in [2.05, 4.69) is 15.3 Å². The van der Waals surface area contributed by atoms with E-state index in [1.807, 2.05) is 30.3 Å². The van der Waals surface area contributed by atoms with E-state index >= 15 is 0 Å². The molecule has 0 saturated heterocycles. The topological polar surface area (TPSA) is 81.2 Å². The first-order valence-corrected chi connectivity index (χ1v) is 8.10. The Morgan fingerprint density at radius 1 is 1.08 bits per heavy atom. The van der Waals surface area contributed by atoms with E-state index in [4.69, 9.17) is 4.74 Å². The Balaban J connectivity index is 1.29. The van der Waals surface area contributed by atoms with E-state index in [9.17, 15) is 9.59 Å². The number of benzene rings is 1. The zero-order chi connectivity index (χ0) is 16.3. The predicted molar refractivity (Wildman–Crippen MR) is 84.3 cm³/mol. The van der Waals surface area contributed by atoms with Crippen molar-refractivity contribution < 1.29 is 14.3 Å². The van der Waals surface area contributed by atoms with Crippen LogP contribution >= 0.6 is 0 Å². The summed E-state index contributed by atoms with van der Waals surface area (Å²) in [4.78, 5) is 33.1. The molecule has 0 spiro atoms. The monoisotopic (exact) mass is 321 g/mol. The predicted octanol–water partition coefficient (Wildman–Crippen LogP) is 2.43. The van der Waals surface area contributed by atoms with E-state index in [0.29, 0.717) is 11.5 Å². The summed E-state index contributed by atoms with van der Waals surface area (Å²) in [6, 6.07) is 9.32. The summed E-state index contributed by atoms with van der Waals surface area (Å²) in [7, 11) is 0. The van der Waals surface area contributed by atoms with E-state index in [1.54, 1.807) is 0 Å². The molecule has 4 fully saturated rings. The van der Waals surface area contributed by atoms with Gasteiger partial charge in [0.2, 0.25) is 11.9 Å². The fourth-order valence-corrected chi connectivity index (χ4v) is 4.58. The number of ether oxygens (including phenoxy) is 1. The molecule has 4 saturated carbocycles. The minimum Gasteiger partial charge on any atom is -0.454 e. The quantitative estimate of drug-likeness (QED) is 0.875. The van der Waals surface area contributed by atoms with Crippen LogP contribution in [0.15, 0.2) is 42.7 Å². The van der Waals surface area contributed by atoms with Gasteiger partial charge in [0, 0.05) is 5.92 Å². The maximum atomic E-state index is 12.6. The van der Waals surface area contributed by atoms with Crippen LogP contribution in [0.4, 0.5) is 5.95 Å². The number of carbonyl (C=O) groups is 2. The van der Waals surface area contributed by atoms with Crippen LogP contribution in [0.2, 0.25) is 0 Å². The number of nitrogens with one attached hydrogen (secondary N) is 1. The van der Waals surface area contributed by atoms with Gasteiger partial charge in [-0.3, -0.25) is 14.9 Å². The number of carbonyl (C=O) groups excluding carboxylic acids is 2. The molecule has 2 unspecified atom stereocenters. The second-order valence-corrected chi connectivity index (χ2v) is 6.73. The van der Waals surface area contributed by atoms with Crippen LogP contribution in [0.3, 0.4) is 0 Å². The summed E-state index contributed by atoms with van der Waals surface area (Å²) in [5.41, 5.74) is -0.771. The van der Waals surface area contributed by atoms with Crippen LogP contribution in [0.25, 0.3) is 0 Å². The summed E-state index contributed by atoms with van der Waals surface area (Å²) in [5.74, 6) is 1.87. The number of aromatic nitrogens is 2. The number of hydrogen-bond acceptors (Lipinski definition) is 5. The van der Waals surface area contributed by atoms with Gasteiger partial charge in [0.1, 0.15) is 11.2 Å². The molecular formula is C18H15N3O3. The molecule has 1 N–H and O–H groups in total. The summed E-state index contributed by atoms with van der Waals surface area (Å²) in [5, 5.41) is 2.71. The SMILES string of the molecule is O=C(Nc1ncc(Oc2ccccc2)cn1)C12C(=O)C3CC1C2C3. The number of hydrogen-bond donors (Lipinski definition) is 1. The Morgan fingerprint density at radius 2 is 1.75 bits per heavy atom. The van der Waals surface area contributed by atoms with Gasteiger partial charge in [-0.05, 0) is 36.8 Å². The number of anilines is 1. The number of ketones is 1. The molecule has 0 radical (unpaired) electrons. The summed E-state index contributed by atoms with van der Waals surface area (Å²) in [6.07, 6.45) is 4.77. The van der Waals surface area contributed by atoms with E-state index in [0.717, 1.165) is 12.8 Å². The molecule has 1 amide bonds. The lowest BCUT2D eigenvalue weighted by Gasteiger charge is -2.10. The third-order valence-corrected chi connectivity index (χ3v) is 5.61. The second kappa shape index (κ2) is 4.63. The number of para-hydroxylation sites is 1. The van der Waals surface area contributed by atoms with Crippen molar-refractivity contribution in [2.75, 3.05) is 5.32 Å². The molecule has 6 heteroatoms. The van der Waals surface area contributed by atoms with Gasteiger partial charge < -0.3 is 4.74 Å². The Hall–Kier alpha value is -2.76. The smallest absolute Gasteiger partial charge is 0.241 e. The van der Waals surface area contributed by atoms with Gasteiger partial charge in [-0.2, -0.15) is 0 Å². The van der Waals surface area contributed by atoms with Crippen LogP contribution in [-0.4, -0.2) is 21.7 Å². The number of nitrogens with zero attached hydrogens (tertiary/aromatic N) is 2. The second-order valence-electron chi connectivity index (χ2n) is 6.73. The average Bonchev–Trinajstić information content (AvgIpc) is 2.90. The first kappa shape index (κ1) is 13.7. The van der Waals surface area contributed by atoms with Crippen molar-refractivity contribution >= 4 is 17.6 Å². The molecule has 0 aliphatic heterocycles. The molecule has 120 valence electrons. The van der Waals surface area contributed by atoms with E-state index in [-0.39, 0.29) is 35.4 Å². The van der Waals surface area contributed by atoms with Gasteiger partial charge in [-0.15, -0.1) is 0 Å². The van der Waals surface area contributed by atoms with E-state index < -0.39 is 5.41 Å². The average molecular weight is 321 g/mol. The molecule has 24 heavy (non-hydrogen) atoms. The largest absolute Gasteiger partial charge is 0.454 e. The van der Waals surface area contributed by atoms with Crippen molar-refractivity contribution in [1.29, 1.82) is 0 Å². The van der Waals surface area contributed by atoms with Crippen LogP contribution < -0.4 is 10.1 Å². The molecule has 4 bridgehead atoms. The van der Waals surface area contributed by atoms with Gasteiger partial charge in [-0.1, -0.05) is 18.2 Å². The number of Topliss-reactive ketones (excluding diaryl/α,β-unsaturated/α-hetero) is 1. The van der Waals surface area contributed by atoms with Crippen LogP contribution in [-0.2, 0) is 9.59 Å². The molecular weight excluding hydrogens is 306 g/mol. The standard InChI is InChI=1S/C18H15N3O3/c22-15-10-6-13-14(7-10)18(13,15)16(23)21-17-19-8-12(9-20-17)24-11-4-2-1-3-5-11/h1-5,8-10,13-14H,6-7H2,(H,19,20,21,23). The minimum absolute atomic E-state index is 0.105. The summed E-state index contributed by atoms with van der Waals surface area (Å²) < 4.78 is 5.62. The lowest BCUT2D eigenvalue weighted by atomic mass is 10.0. The highest BCUT2D eigenvalue weighted by molar-refractivity contribution is 6.18. The highest BCUT2D eigenvalue weighted by atomic mass is 16.5. The summed E-state index contributed by atoms with van der Waals surface area (Å²) in [6.45, 7) is 0. The van der Waals surface area contributed by atoms with Crippen molar-refractivity contribution in [2.45, 2.75) is 12.8 Å². The van der Waals surface area contributed by atoms with Crippen molar-refractivity contribution in [3.63, 3.8) is 0 Å². The highest BCUT2D eigenvalue weighted by Gasteiger charge is 2.83. The molecule has 6 rings (SSSR count). The fraction of sp³-hybridized carbons (Fsp3) is 0.333. The van der Waals surface area contributed by atoms with Crippen molar-refractivity contribution in [3.05, 3.63) is 42.7 Å². The van der Waals surface area contributed by atoms with Crippen LogP contribution in [0, 0.1) is 23.2 Å². The first-order chi connectivity index (χ1) is 11.7. The molecule has 2 atom stereocenters. The normalized spacial score (nSPS) is 31.8. The van der Waals surface area contributed by atoms with Crippen LogP contribution in [0.1, 0.15) is 12.8 Å². The molecule has 1 heterocycles. The Bertz CT molecular complexity index is 822. The van der Waals surface area contributed by atoms with Gasteiger partial charge >= 0.3 is 0 Å². The highest BCUT2D eigenvalue weighted by Crippen LogP contribution is 2.77. The summed E-state index contributed by atoms with van der Waals surface area (Å²) >= 11 is 0. The zero-order valence-electron chi connectivity index (χ0n) is 12.8. The van der Waals surface area contributed by atoms with Gasteiger partial charge in [0.25, 0.3) is 0 Å². The molecule has 4 aliphatic carbocycles. The van der Waals surface area contributed by atoms with Crippen molar-refractivity contribution in [1.82, 2.24) is 9.97 Å². The molecule has 6 nitrogen and oxygen atoms in total. The molecule has 4 aliphatic rings. The maximum absolute atomic E-state index is 12.6. The van der Waals surface area contributed by atoms with Gasteiger partial charge in [0.05, 0.1) is 12.4 Å². The van der Waals surface area contributed by atoms with E-state index in [1.165, 1.54) is 12.4 Å². The Morgan fingerprint density at radius 3 is 2.33 bits per heavy atom. The maximum Gasteiger partial charge on any atom is 0.241 e. The molecule has 1 aromatic carbocycles. The lowest BCUT2D eigenvalue weighted by molar-refractivity contribution is -0.132. The molecule has 1 aromatic heterocycles. The van der Waals surface area contributed by atoms with Crippen molar-refractivity contribution in [3.8, 4) is 11.5 Å².